The Morgan fingerprint density at radius 3 is 2.76 bits per heavy atom. The zero-order valence-corrected chi connectivity index (χ0v) is 11.7. The fraction of sp³-hybridized carbons (Fsp3) is 0.273. The molecule has 0 spiro atoms. The van der Waals surface area contributed by atoms with Gasteiger partial charge in [0.1, 0.15) is 0 Å². The molecule has 0 radical (unpaired) electrons. The molecule has 0 aromatic heterocycles. The molecule has 4 nitrogen and oxygen atoms in total. The first kappa shape index (κ1) is 14.0. The molecule has 0 fully saturated rings. The van der Waals surface area contributed by atoms with Crippen LogP contribution in [0.1, 0.15) is 13.3 Å². The molecule has 1 aromatic carbocycles. The van der Waals surface area contributed by atoms with Crippen molar-refractivity contribution in [2.24, 2.45) is 0 Å². The second-order valence-corrected chi connectivity index (χ2v) is 6.16. The van der Waals surface area contributed by atoms with Crippen molar-refractivity contribution in [2.45, 2.75) is 24.3 Å². The molecule has 0 saturated carbocycles. The minimum Gasteiger partial charge on any atom is -0.399 e. The van der Waals surface area contributed by atoms with E-state index in [1.165, 1.54) is 12.1 Å². The Morgan fingerprint density at radius 2 is 2.24 bits per heavy atom. The molecule has 1 rings (SSSR count). The molecule has 0 aliphatic rings. The third-order valence-corrected chi connectivity index (χ3v) is 4.59. The number of hydrogen-bond acceptors (Lipinski definition) is 3. The maximum absolute atomic E-state index is 12.0. The van der Waals surface area contributed by atoms with Crippen molar-refractivity contribution >= 4 is 31.6 Å². The quantitative estimate of drug-likeness (QED) is 0.656. The van der Waals surface area contributed by atoms with E-state index >= 15 is 0 Å². The molecular formula is C11H13BrN2O2S. The molecule has 1 aromatic rings. The number of nitrogens with one attached hydrogen (secondary N) is 1. The highest BCUT2D eigenvalue weighted by atomic mass is 79.9. The van der Waals surface area contributed by atoms with Crippen LogP contribution in [0.25, 0.3) is 0 Å². The molecule has 3 N–H and O–H groups in total. The highest BCUT2D eigenvalue weighted by Gasteiger charge is 2.19. The van der Waals surface area contributed by atoms with Gasteiger partial charge in [-0.15, -0.1) is 12.3 Å². The van der Waals surface area contributed by atoms with E-state index in [4.69, 9.17) is 12.2 Å². The second kappa shape index (κ2) is 5.54. The number of nitrogens with two attached hydrogens (primary N) is 1. The molecule has 0 saturated heterocycles. The van der Waals surface area contributed by atoms with Gasteiger partial charge in [0.05, 0.1) is 4.90 Å². The number of terminal acetylenes is 1. The maximum atomic E-state index is 12.0. The van der Waals surface area contributed by atoms with Crippen molar-refractivity contribution in [3.8, 4) is 12.3 Å². The Morgan fingerprint density at radius 1 is 1.59 bits per heavy atom. The molecule has 0 aliphatic heterocycles. The van der Waals surface area contributed by atoms with E-state index < -0.39 is 10.0 Å². The lowest BCUT2D eigenvalue weighted by Crippen LogP contribution is -2.32. The van der Waals surface area contributed by atoms with Crippen molar-refractivity contribution in [2.75, 3.05) is 5.73 Å². The van der Waals surface area contributed by atoms with Crippen LogP contribution >= 0.6 is 15.9 Å². The van der Waals surface area contributed by atoms with E-state index in [1.807, 2.05) is 0 Å². The number of nitrogen functional groups attached to an aromatic ring is 1. The van der Waals surface area contributed by atoms with Crippen LogP contribution in [0.3, 0.4) is 0 Å². The van der Waals surface area contributed by atoms with Gasteiger partial charge in [-0.05, 0) is 41.1 Å². The van der Waals surface area contributed by atoms with Crippen LogP contribution in [-0.2, 0) is 10.0 Å². The molecule has 0 heterocycles. The van der Waals surface area contributed by atoms with Crippen LogP contribution in [0.2, 0.25) is 0 Å². The van der Waals surface area contributed by atoms with Crippen molar-refractivity contribution in [1.29, 1.82) is 0 Å². The van der Waals surface area contributed by atoms with Gasteiger partial charge in [0, 0.05) is 22.6 Å². The van der Waals surface area contributed by atoms with Crippen LogP contribution in [0, 0.1) is 12.3 Å². The van der Waals surface area contributed by atoms with Gasteiger partial charge in [-0.3, -0.25) is 0 Å². The van der Waals surface area contributed by atoms with E-state index in [-0.39, 0.29) is 10.9 Å². The van der Waals surface area contributed by atoms with E-state index in [0.29, 0.717) is 16.6 Å². The lowest BCUT2D eigenvalue weighted by atomic mass is 10.3. The summed E-state index contributed by atoms with van der Waals surface area (Å²) in [5.74, 6) is 2.41. The van der Waals surface area contributed by atoms with Crippen LogP contribution in [0.4, 0.5) is 5.69 Å². The highest BCUT2D eigenvalue weighted by molar-refractivity contribution is 9.10. The topological polar surface area (TPSA) is 72.2 Å². The number of hydrogen-bond donors (Lipinski definition) is 2. The summed E-state index contributed by atoms with van der Waals surface area (Å²) in [6.45, 7) is 1.71. The minimum absolute atomic E-state index is 0.149. The Bertz CT molecular complexity index is 549. The SMILES string of the molecule is C#CCC(C)NS(=O)(=O)c1ccc(N)cc1Br. The first-order chi connectivity index (χ1) is 7.86. The standard InChI is InChI=1S/C11H13BrN2O2S/c1-3-4-8(2)14-17(15,16)11-6-5-9(13)7-10(11)12/h1,5-8,14H,4,13H2,2H3. The van der Waals surface area contributed by atoms with Crippen molar-refractivity contribution in [3.05, 3.63) is 22.7 Å². The van der Waals surface area contributed by atoms with Gasteiger partial charge in [-0.2, -0.15) is 0 Å². The van der Waals surface area contributed by atoms with Gasteiger partial charge < -0.3 is 5.73 Å². The Labute approximate surface area is 110 Å². The molecule has 1 atom stereocenters. The third-order valence-electron chi connectivity index (χ3n) is 2.03. The largest absolute Gasteiger partial charge is 0.399 e. The molecule has 17 heavy (non-hydrogen) atoms. The molecule has 1 unspecified atom stereocenters. The average molecular weight is 317 g/mol. The van der Waals surface area contributed by atoms with Crippen molar-refractivity contribution in [3.63, 3.8) is 0 Å². The number of benzene rings is 1. The Kier molecular flexibility index (Phi) is 4.57. The lowest BCUT2D eigenvalue weighted by Gasteiger charge is -2.13. The average Bonchev–Trinajstić information content (AvgIpc) is 2.15. The third kappa shape index (κ3) is 3.73. The van der Waals surface area contributed by atoms with E-state index in [2.05, 4.69) is 26.6 Å². The highest BCUT2D eigenvalue weighted by Crippen LogP contribution is 2.24. The van der Waals surface area contributed by atoms with Gasteiger partial charge in [0.25, 0.3) is 0 Å². The monoisotopic (exact) mass is 316 g/mol. The van der Waals surface area contributed by atoms with Crippen LogP contribution < -0.4 is 10.5 Å². The first-order valence-electron chi connectivity index (χ1n) is 4.87. The molecule has 0 aliphatic carbocycles. The van der Waals surface area contributed by atoms with E-state index in [9.17, 15) is 8.42 Å². The number of anilines is 1. The summed E-state index contributed by atoms with van der Waals surface area (Å²) in [7, 11) is -3.58. The second-order valence-electron chi connectivity index (χ2n) is 3.62. The predicted octanol–water partition coefficient (Wildman–Crippen LogP) is 1.72. The van der Waals surface area contributed by atoms with Gasteiger partial charge in [0.2, 0.25) is 10.0 Å². The van der Waals surface area contributed by atoms with E-state index in [1.54, 1.807) is 13.0 Å². The summed E-state index contributed by atoms with van der Waals surface area (Å²) in [5.41, 5.74) is 6.04. The summed E-state index contributed by atoms with van der Waals surface area (Å²) in [6.07, 6.45) is 5.47. The number of rotatable bonds is 4. The lowest BCUT2D eigenvalue weighted by molar-refractivity contribution is 0.563. The van der Waals surface area contributed by atoms with Crippen molar-refractivity contribution < 1.29 is 8.42 Å². The Hall–Kier alpha value is -1.03. The van der Waals surface area contributed by atoms with Gasteiger partial charge in [0.15, 0.2) is 0 Å². The van der Waals surface area contributed by atoms with Gasteiger partial charge in [-0.1, -0.05) is 0 Å². The van der Waals surface area contributed by atoms with Crippen LogP contribution in [0.5, 0.6) is 0 Å². The van der Waals surface area contributed by atoms with E-state index in [0.717, 1.165) is 0 Å². The van der Waals surface area contributed by atoms with Crippen LogP contribution in [0.15, 0.2) is 27.6 Å². The summed E-state index contributed by atoms with van der Waals surface area (Å²) in [5, 5.41) is 0. The van der Waals surface area contributed by atoms with Crippen molar-refractivity contribution in [1.82, 2.24) is 4.72 Å². The summed E-state index contributed by atoms with van der Waals surface area (Å²) in [4.78, 5) is 0.149. The number of sulfonamides is 1. The summed E-state index contributed by atoms with van der Waals surface area (Å²) >= 11 is 3.17. The number of halogens is 1. The first-order valence-corrected chi connectivity index (χ1v) is 7.15. The molecule has 0 bridgehead atoms. The molecule has 6 heteroatoms. The fourth-order valence-corrected chi connectivity index (χ4v) is 3.62. The predicted molar refractivity (Wildman–Crippen MR) is 71.8 cm³/mol. The van der Waals surface area contributed by atoms with Crippen LogP contribution in [-0.4, -0.2) is 14.5 Å². The maximum Gasteiger partial charge on any atom is 0.241 e. The summed E-state index contributed by atoms with van der Waals surface area (Å²) < 4.78 is 26.9. The van der Waals surface area contributed by atoms with Gasteiger partial charge in [-0.25, -0.2) is 13.1 Å². The summed E-state index contributed by atoms with van der Waals surface area (Å²) in [6, 6.07) is 4.21. The normalized spacial score (nSPS) is 13.0. The Balaban J connectivity index is 3.02. The smallest absolute Gasteiger partial charge is 0.241 e. The fourth-order valence-electron chi connectivity index (χ4n) is 1.28. The zero-order valence-electron chi connectivity index (χ0n) is 9.27. The molecule has 0 amide bonds. The van der Waals surface area contributed by atoms with Gasteiger partial charge >= 0.3 is 0 Å². The zero-order chi connectivity index (χ0) is 13.1. The minimum atomic E-state index is -3.58. The molecule has 92 valence electrons. The molecular weight excluding hydrogens is 304 g/mol.